The Kier molecular flexibility index (Phi) is 5.63. The van der Waals surface area contributed by atoms with E-state index in [9.17, 15) is 9.59 Å². The van der Waals surface area contributed by atoms with Crippen LogP contribution in [0.25, 0.3) is 0 Å². The monoisotopic (exact) mass is 392 g/mol. The topological polar surface area (TPSA) is 98.4 Å². The fourth-order valence-corrected chi connectivity index (χ4v) is 3.81. The maximum Gasteiger partial charge on any atom is 0.343 e. The summed E-state index contributed by atoms with van der Waals surface area (Å²) in [5.41, 5.74) is 6.63. The molecule has 3 rings (SSSR count). The number of halogens is 1. The van der Waals surface area contributed by atoms with Gasteiger partial charge in [0.2, 0.25) is 5.91 Å². The lowest BCUT2D eigenvalue weighted by Gasteiger charge is -2.17. The largest absolute Gasteiger partial charge is 0.462 e. The van der Waals surface area contributed by atoms with Gasteiger partial charge in [0.05, 0.1) is 22.6 Å². The van der Waals surface area contributed by atoms with Crippen molar-refractivity contribution in [3.8, 4) is 0 Å². The summed E-state index contributed by atoms with van der Waals surface area (Å²) in [6.45, 7) is 2.51. The molecule has 1 aromatic carbocycles. The number of thioether (sulfide) groups is 1. The average molecular weight is 393 g/mol. The van der Waals surface area contributed by atoms with Crippen LogP contribution in [0.2, 0.25) is 5.02 Å². The molecule has 0 saturated carbocycles. The quantitative estimate of drug-likeness (QED) is 0.617. The molecule has 1 atom stereocenters. The van der Waals surface area contributed by atoms with Crippen molar-refractivity contribution in [2.24, 2.45) is 0 Å². The second-order valence-corrected chi connectivity index (χ2v) is 7.09. The fourth-order valence-electron chi connectivity index (χ4n) is 2.60. The third-order valence-corrected chi connectivity index (χ3v) is 5.29. The van der Waals surface area contributed by atoms with E-state index < -0.39 is 5.97 Å². The average Bonchev–Trinajstić information content (AvgIpc) is 2.96. The second kappa shape index (κ2) is 7.92. The number of esters is 1. The molecule has 7 nitrogen and oxygen atoms in total. The number of hydrogen-bond acceptors (Lipinski definition) is 7. The van der Waals surface area contributed by atoms with E-state index >= 15 is 0 Å². The lowest BCUT2D eigenvalue weighted by atomic mass is 10.3. The molecule has 9 heteroatoms. The van der Waals surface area contributed by atoms with E-state index in [0.29, 0.717) is 28.8 Å². The predicted molar refractivity (Wildman–Crippen MR) is 100 cm³/mol. The molecule has 2 aromatic rings. The van der Waals surface area contributed by atoms with Gasteiger partial charge in [-0.3, -0.25) is 4.79 Å². The Morgan fingerprint density at radius 3 is 2.92 bits per heavy atom. The second-order valence-electron chi connectivity index (χ2n) is 5.51. The van der Waals surface area contributed by atoms with Crippen LogP contribution >= 0.6 is 23.4 Å². The first-order valence-corrected chi connectivity index (χ1v) is 9.29. The highest BCUT2D eigenvalue weighted by Crippen LogP contribution is 2.34. The highest BCUT2D eigenvalue weighted by molar-refractivity contribution is 8.00. The van der Waals surface area contributed by atoms with Gasteiger partial charge in [-0.05, 0) is 25.5 Å². The number of ether oxygens (including phenoxy) is 1. The third kappa shape index (κ3) is 3.76. The minimum Gasteiger partial charge on any atom is -0.462 e. The molecule has 136 valence electrons. The Balaban J connectivity index is 1.72. The first kappa shape index (κ1) is 18.5. The van der Waals surface area contributed by atoms with E-state index in [1.165, 1.54) is 18.0 Å². The van der Waals surface area contributed by atoms with Crippen molar-refractivity contribution in [3.05, 3.63) is 41.0 Å². The molecule has 0 bridgehead atoms. The van der Waals surface area contributed by atoms with Crippen molar-refractivity contribution >= 4 is 46.7 Å². The summed E-state index contributed by atoms with van der Waals surface area (Å²) in [7, 11) is 0. The van der Waals surface area contributed by atoms with Crippen molar-refractivity contribution in [2.75, 3.05) is 23.8 Å². The number of nitrogens with zero attached hydrogens (tertiary/aromatic N) is 3. The molecule has 0 spiro atoms. The Bertz CT molecular complexity index is 849. The van der Waals surface area contributed by atoms with Gasteiger partial charge >= 0.3 is 5.97 Å². The minimum absolute atomic E-state index is 0.0364. The lowest BCUT2D eigenvalue weighted by molar-refractivity contribution is -0.116. The molecular weight excluding hydrogens is 376 g/mol. The van der Waals surface area contributed by atoms with Crippen LogP contribution in [0.4, 0.5) is 11.5 Å². The van der Waals surface area contributed by atoms with Gasteiger partial charge < -0.3 is 15.4 Å². The normalized spacial score (nSPS) is 16.8. The van der Waals surface area contributed by atoms with E-state index in [1.807, 2.05) is 18.2 Å². The van der Waals surface area contributed by atoms with E-state index in [2.05, 4.69) is 9.97 Å². The molecule has 1 amide bonds. The number of amides is 1. The summed E-state index contributed by atoms with van der Waals surface area (Å²) in [4.78, 5) is 34.4. The Labute approximate surface area is 159 Å². The number of para-hydroxylation sites is 1. The molecule has 2 N–H and O–H groups in total. The molecular formula is C17H17ClN4O3S. The van der Waals surface area contributed by atoms with Crippen LogP contribution in [0.1, 0.15) is 23.7 Å². The summed E-state index contributed by atoms with van der Waals surface area (Å²) in [5.74, 6) is -0.586. The van der Waals surface area contributed by atoms with Gasteiger partial charge in [0, 0.05) is 12.7 Å². The smallest absolute Gasteiger partial charge is 0.343 e. The van der Waals surface area contributed by atoms with Crippen LogP contribution < -0.4 is 10.6 Å². The number of nitrogens with two attached hydrogens (primary N) is 1. The third-order valence-electron chi connectivity index (χ3n) is 3.84. The molecule has 1 saturated heterocycles. The van der Waals surface area contributed by atoms with Crippen LogP contribution in [-0.4, -0.2) is 40.2 Å². The minimum atomic E-state index is -0.566. The first-order valence-electron chi connectivity index (χ1n) is 8.03. The number of benzene rings is 1. The van der Waals surface area contributed by atoms with Crippen molar-refractivity contribution in [2.45, 2.75) is 23.8 Å². The number of anilines is 2. The van der Waals surface area contributed by atoms with E-state index in [4.69, 9.17) is 22.1 Å². The predicted octanol–water partition coefficient (Wildman–Crippen LogP) is 2.79. The van der Waals surface area contributed by atoms with Crippen LogP contribution in [0.3, 0.4) is 0 Å². The van der Waals surface area contributed by atoms with Crippen LogP contribution in [0.5, 0.6) is 0 Å². The molecule has 1 aliphatic heterocycles. The first-order chi connectivity index (χ1) is 12.5. The molecule has 1 fully saturated rings. The van der Waals surface area contributed by atoms with Crippen molar-refractivity contribution in [3.63, 3.8) is 0 Å². The van der Waals surface area contributed by atoms with Gasteiger partial charge in [-0.25, -0.2) is 14.8 Å². The van der Waals surface area contributed by atoms with Gasteiger partial charge in [0.15, 0.2) is 5.16 Å². The van der Waals surface area contributed by atoms with E-state index in [0.717, 1.165) is 0 Å². The Hall–Kier alpha value is -2.32. The summed E-state index contributed by atoms with van der Waals surface area (Å²) in [6, 6.07) is 7.23. The highest BCUT2D eigenvalue weighted by Gasteiger charge is 2.35. The number of aromatic nitrogens is 2. The summed E-state index contributed by atoms with van der Waals surface area (Å²) in [6.07, 6.45) is 1.96. The number of rotatable bonds is 5. The molecule has 1 unspecified atom stereocenters. The van der Waals surface area contributed by atoms with Crippen LogP contribution in [0.15, 0.2) is 35.6 Å². The zero-order valence-electron chi connectivity index (χ0n) is 14.0. The summed E-state index contributed by atoms with van der Waals surface area (Å²) < 4.78 is 4.89. The Morgan fingerprint density at radius 1 is 1.46 bits per heavy atom. The number of carbonyl (C=O) groups is 2. The number of carbonyl (C=O) groups excluding carboxylic acids is 2. The lowest BCUT2D eigenvalue weighted by Crippen LogP contribution is -2.28. The van der Waals surface area contributed by atoms with Gasteiger partial charge in [-0.15, -0.1) is 0 Å². The zero-order valence-corrected chi connectivity index (χ0v) is 15.6. The number of hydrogen-bond donors (Lipinski definition) is 1. The van der Waals surface area contributed by atoms with Gasteiger partial charge in [-0.2, -0.15) is 0 Å². The molecule has 2 heterocycles. The van der Waals surface area contributed by atoms with Crippen molar-refractivity contribution < 1.29 is 14.3 Å². The summed E-state index contributed by atoms with van der Waals surface area (Å²) in [5, 5.41) is 0.541. The van der Waals surface area contributed by atoms with Gasteiger partial charge in [0.1, 0.15) is 11.4 Å². The summed E-state index contributed by atoms with van der Waals surface area (Å²) >= 11 is 7.41. The molecule has 26 heavy (non-hydrogen) atoms. The van der Waals surface area contributed by atoms with Crippen molar-refractivity contribution in [1.29, 1.82) is 0 Å². The maximum atomic E-state index is 12.7. The van der Waals surface area contributed by atoms with E-state index in [1.54, 1.807) is 17.9 Å². The van der Waals surface area contributed by atoms with Gasteiger partial charge in [0.25, 0.3) is 0 Å². The number of nitrogen functional groups attached to an aromatic ring is 1. The highest BCUT2D eigenvalue weighted by atomic mass is 35.5. The van der Waals surface area contributed by atoms with Crippen LogP contribution in [-0.2, 0) is 9.53 Å². The Morgan fingerprint density at radius 2 is 2.23 bits per heavy atom. The fraction of sp³-hybridized carbons (Fsp3) is 0.294. The maximum absolute atomic E-state index is 12.7. The molecule has 0 radical (unpaired) electrons. The molecule has 1 aliphatic rings. The van der Waals surface area contributed by atoms with Crippen molar-refractivity contribution in [1.82, 2.24) is 9.97 Å². The standard InChI is InChI=1S/C17H17ClN4O3S/c1-2-25-16(24)10-9-20-17(21-14(10)19)26-13-7-8-22(15(13)23)12-6-4-3-5-11(12)18/h3-6,9,13H,2,7-8H2,1H3,(H2,19,20,21). The van der Waals surface area contributed by atoms with Gasteiger partial charge in [-0.1, -0.05) is 35.5 Å². The van der Waals surface area contributed by atoms with E-state index in [-0.39, 0.29) is 29.1 Å². The molecule has 0 aliphatic carbocycles. The van der Waals surface area contributed by atoms with Crippen LogP contribution in [0, 0.1) is 0 Å². The SMILES string of the molecule is CCOC(=O)c1cnc(SC2CCN(c3ccccc3Cl)C2=O)nc1N. The zero-order chi connectivity index (χ0) is 18.7. The molecule has 1 aromatic heterocycles.